The lowest BCUT2D eigenvalue weighted by molar-refractivity contribution is 0.479. The number of hydrogen-bond acceptors (Lipinski definition) is 2. The molecular formula is C60H36BN3O2. The highest BCUT2D eigenvalue weighted by molar-refractivity contribution is 6.84. The molecule has 6 heteroatoms. The van der Waals surface area contributed by atoms with Crippen molar-refractivity contribution in [1.29, 1.82) is 0 Å². The van der Waals surface area contributed by atoms with E-state index < -0.39 is 0 Å². The van der Waals surface area contributed by atoms with E-state index in [1.165, 1.54) is 54.4 Å². The average Bonchev–Trinajstić information content (AvgIpc) is 4.02. The SMILES string of the molecule is c1cc(-c2ccc3c(c2)B2Oc4ccccc4-c4cc(-n5c6ccccc6c6ccc(-n7c8ccccc8c8ccccc87)cc65)cc(c42)O3)cc(-n2c3ccccc3c3ccccc32)c1. The number of aromatic nitrogens is 3. The van der Waals surface area contributed by atoms with Crippen LogP contribution in [0.1, 0.15) is 0 Å². The van der Waals surface area contributed by atoms with E-state index in [2.05, 4.69) is 232 Å². The Morgan fingerprint density at radius 1 is 0.303 bits per heavy atom. The lowest BCUT2D eigenvalue weighted by Gasteiger charge is -2.33. The molecule has 306 valence electrons. The summed E-state index contributed by atoms with van der Waals surface area (Å²) in [5.74, 6) is 2.47. The van der Waals surface area contributed by atoms with Crippen LogP contribution in [0.15, 0.2) is 218 Å². The lowest BCUT2D eigenvalue weighted by atomic mass is 9.50. The summed E-state index contributed by atoms with van der Waals surface area (Å²) in [5.41, 5.74) is 16.8. The van der Waals surface area contributed by atoms with E-state index >= 15 is 0 Å². The third kappa shape index (κ3) is 4.95. The van der Waals surface area contributed by atoms with Crippen LogP contribution in [-0.4, -0.2) is 20.6 Å². The molecule has 5 nitrogen and oxygen atoms in total. The van der Waals surface area contributed by atoms with Crippen molar-refractivity contribution in [1.82, 2.24) is 13.7 Å². The van der Waals surface area contributed by atoms with Crippen molar-refractivity contribution in [2.75, 3.05) is 0 Å². The Morgan fingerprint density at radius 2 is 0.818 bits per heavy atom. The molecule has 0 unspecified atom stereocenters. The number of para-hydroxylation sites is 6. The zero-order chi connectivity index (χ0) is 43.0. The zero-order valence-corrected chi connectivity index (χ0v) is 35.5. The molecule has 66 heavy (non-hydrogen) atoms. The minimum absolute atomic E-state index is 0.358. The van der Waals surface area contributed by atoms with Crippen LogP contribution in [0.2, 0.25) is 0 Å². The summed E-state index contributed by atoms with van der Waals surface area (Å²) in [6.45, 7) is -0.358. The highest BCUT2D eigenvalue weighted by atomic mass is 16.5. The Labute approximate surface area is 379 Å². The molecule has 0 spiro atoms. The summed E-state index contributed by atoms with van der Waals surface area (Å²) in [4.78, 5) is 0. The predicted molar refractivity (Wildman–Crippen MR) is 272 cm³/mol. The smallest absolute Gasteiger partial charge is 0.434 e. The Hall–Kier alpha value is -8.74. The van der Waals surface area contributed by atoms with Crippen LogP contribution in [0, 0.1) is 0 Å². The van der Waals surface area contributed by atoms with Gasteiger partial charge in [0.1, 0.15) is 17.2 Å². The Morgan fingerprint density at radius 3 is 1.44 bits per heavy atom. The first-order valence-corrected chi connectivity index (χ1v) is 22.6. The van der Waals surface area contributed by atoms with Crippen molar-refractivity contribution in [3.63, 3.8) is 0 Å². The van der Waals surface area contributed by atoms with Crippen LogP contribution < -0.4 is 20.3 Å². The van der Waals surface area contributed by atoms with Gasteiger partial charge in [-0.1, -0.05) is 140 Å². The topological polar surface area (TPSA) is 33.2 Å². The molecule has 0 bridgehead atoms. The number of ether oxygens (including phenoxy) is 1. The summed E-state index contributed by atoms with van der Waals surface area (Å²) >= 11 is 0. The Bertz CT molecular complexity index is 4100. The maximum absolute atomic E-state index is 7.05. The fraction of sp³-hybridized carbons (Fsp3) is 0. The largest absolute Gasteiger partial charge is 0.551 e. The number of fused-ring (bicyclic) bond motifs is 13. The van der Waals surface area contributed by atoms with Crippen LogP contribution in [0.3, 0.4) is 0 Å². The molecule has 0 fully saturated rings. The molecule has 2 aliphatic heterocycles. The molecule has 15 rings (SSSR count). The van der Waals surface area contributed by atoms with Gasteiger partial charge in [-0.15, -0.1) is 0 Å². The van der Waals surface area contributed by atoms with E-state index in [1.54, 1.807) is 0 Å². The first-order valence-electron chi connectivity index (χ1n) is 22.6. The quantitative estimate of drug-likeness (QED) is 0.165. The molecule has 0 atom stereocenters. The molecule has 5 heterocycles. The van der Waals surface area contributed by atoms with Crippen molar-refractivity contribution < 1.29 is 9.39 Å². The van der Waals surface area contributed by atoms with E-state index in [9.17, 15) is 0 Å². The fourth-order valence-electron chi connectivity index (χ4n) is 11.3. The third-order valence-corrected chi connectivity index (χ3v) is 14.1. The highest BCUT2D eigenvalue weighted by Crippen LogP contribution is 2.44. The summed E-state index contributed by atoms with van der Waals surface area (Å²) in [7, 11) is 0. The van der Waals surface area contributed by atoms with Gasteiger partial charge in [-0.3, -0.25) is 0 Å². The van der Waals surface area contributed by atoms with Gasteiger partial charge in [0, 0.05) is 66.2 Å². The van der Waals surface area contributed by atoms with Crippen LogP contribution >= 0.6 is 0 Å². The number of nitrogens with zero attached hydrogens (tertiary/aromatic N) is 3. The Balaban J connectivity index is 0.896. The molecule has 0 radical (unpaired) electrons. The molecule has 3 aromatic heterocycles. The van der Waals surface area contributed by atoms with Gasteiger partial charge in [-0.05, 0) is 89.5 Å². The minimum Gasteiger partial charge on any atom is -0.551 e. The number of hydrogen-bond donors (Lipinski definition) is 0. The molecule has 2 aliphatic rings. The van der Waals surface area contributed by atoms with Crippen LogP contribution in [0.25, 0.3) is 105 Å². The van der Waals surface area contributed by atoms with Gasteiger partial charge in [0.25, 0.3) is 0 Å². The normalized spacial score (nSPS) is 12.8. The molecule has 0 saturated carbocycles. The lowest BCUT2D eigenvalue weighted by Crippen LogP contribution is -2.53. The first-order chi connectivity index (χ1) is 32.7. The fourth-order valence-corrected chi connectivity index (χ4v) is 11.3. The molecular weight excluding hydrogens is 805 g/mol. The second-order valence-corrected chi connectivity index (χ2v) is 17.6. The predicted octanol–water partition coefficient (Wildman–Crippen LogP) is 13.9. The summed E-state index contributed by atoms with van der Waals surface area (Å²) in [6, 6.07) is 78.8. The van der Waals surface area contributed by atoms with Crippen molar-refractivity contribution in [2.45, 2.75) is 0 Å². The van der Waals surface area contributed by atoms with Crippen molar-refractivity contribution >= 4 is 83.3 Å². The molecule has 0 N–H and O–H groups in total. The van der Waals surface area contributed by atoms with Crippen molar-refractivity contribution in [3.8, 4) is 56.6 Å². The van der Waals surface area contributed by atoms with E-state index in [1.807, 2.05) is 0 Å². The van der Waals surface area contributed by atoms with E-state index in [4.69, 9.17) is 9.39 Å². The average molecular weight is 842 g/mol. The molecule has 0 amide bonds. The number of benzene rings is 10. The van der Waals surface area contributed by atoms with Crippen LogP contribution in [-0.2, 0) is 0 Å². The van der Waals surface area contributed by atoms with Crippen molar-refractivity contribution in [2.24, 2.45) is 0 Å². The maximum atomic E-state index is 7.05. The highest BCUT2D eigenvalue weighted by Gasteiger charge is 2.41. The van der Waals surface area contributed by atoms with Gasteiger partial charge in [-0.2, -0.15) is 0 Å². The van der Waals surface area contributed by atoms with Crippen LogP contribution in [0.4, 0.5) is 0 Å². The molecule has 0 saturated heterocycles. The Kier molecular flexibility index (Phi) is 7.24. The van der Waals surface area contributed by atoms with Gasteiger partial charge in [0.15, 0.2) is 0 Å². The molecule has 10 aromatic carbocycles. The standard InChI is InChI=1S/C60H36BN3O2/c1-7-22-51-42(16-1)43-17-2-8-23-52(43)62(51)39-15-13-14-37(32-39)38-28-31-58-50(33-38)61-60-49(48-21-6-12-27-57(48)66-61)34-41(36-59(60)65-58)64-55-26-11-5-20-46(55)47-30-29-40(35-56(47)64)63-53-24-9-3-18-44(53)45-19-4-10-25-54(45)63/h1-36H. The van der Waals surface area contributed by atoms with Crippen LogP contribution in [0.5, 0.6) is 17.2 Å². The first kappa shape index (κ1) is 35.7. The summed E-state index contributed by atoms with van der Waals surface area (Å²) < 4.78 is 21.3. The molecule has 0 aliphatic carbocycles. The van der Waals surface area contributed by atoms with E-state index in [0.717, 1.165) is 78.5 Å². The third-order valence-electron chi connectivity index (χ3n) is 14.1. The number of rotatable bonds is 4. The second-order valence-electron chi connectivity index (χ2n) is 17.6. The minimum atomic E-state index is -0.358. The monoisotopic (exact) mass is 841 g/mol. The van der Waals surface area contributed by atoms with E-state index in [-0.39, 0.29) is 6.92 Å². The van der Waals surface area contributed by atoms with Gasteiger partial charge >= 0.3 is 6.92 Å². The summed E-state index contributed by atoms with van der Waals surface area (Å²) in [5, 5.41) is 7.39. The maximum Gasteiger partial charge on any atom is 0.434 e. The van der Waals surface area contributed by atoms with Gasteiger partial charge in [0.2, 0.25) is 0 Å². The van der Waals surface area contributed by atoms with Gasteiger partial charge < -0.3 is 23.1 Å². The van der Waals surface area contributed by atoms with Gasteiger partial charge in [-0.25, -0.2) is 0 Å². The van der Waals surface area contributed by atoms with E-state index in [0.29, 0.717) is 0 Å². The summed E-state index contributed by atoms with van der Waals surface area (Å²) in [6.07, 6.45) is 0. The molecule has 13 aromatic rings. The van der Waals surface area contributed by atoms with Crippen molar-refractivity contribution in [3.05, 3.63) is 218 Å². The zero-order valence-electron chi connectivity index (χ0n) is 35.5. The second kappa shape index (κ2) is 13.4. The van der Waals surface area contributed by atoms with Gasteiger partial charge in [0.05, 0.1) is 38.8 Å².